The first-order valence-electron chi connectivity index (χ1n) is 11.2. The van der Waals surface area contributed by atoms with Crippen LogP contribution in [0.15, 0.2) is 29.4 Å². The summed E-state index contributed by atoms with van der Waals surface area (Å²) in [6, 6.07) is 10.0. The van der Waals surface area contributed by atoms with Crippen molar-refractivity contribution in [1.29, 1.82) is 5.26 Å². The van der Waals surface area contributed by atoms with Gasteiger partial charge in [-0.15, -0.1) is 21.5 Å². The van der Waals surface area contributed by atoms with E-state index in [1.807, 2.05) is 42.7 Å². The van der Waals surface area contributed by atoms with E-state index in [4.69, 9.17) is 4.74 Å². The van der Waals surface area contributed by atoms with Gasteiger partial charge in [0.1, 0.15) is 16.8 Å². The molecule has 1 aliphatic carbocycles. The Morgan fingerprint density at radius 3 is 2.85 bits per heavy atom. The van der Waals surface area contributed by atoms with Crippen LogP contribution in [0.25, 0.3) is 11.4 Å². The molecule has 1 amide bonds. The number of carbonyl (C=O) groups is 1. The molecular formula is C24H27N5O2S2. The van der Waals surface area contributed by atoms with E-state index >= 15 is 0 Å². The Kier molecular flexibility index (Phi) is 7.36. The zero-order valence-electron chi connectivity index (χ0n) is 19.1. The van der Waals surface area contributed by atoms with Crippen molar-refractivity contribution in [3.8, 4) is 23.2 Å². The lowest BCUT2D eigenvalue weighted by Gasteiger charge is -2.13. The summed E-state index contributed by atoms with van der Waals surface area (Å²) in [5.41, 5.74) is 2.62. The summed E-state index contributed by atoms with van der Waals surface area (Å²) in [6.45, 7) is 4.53. The number of rotatable bonds is 7. The Morgan fingerprint density at radius 1 is 1.30 bits per heavy atom. The van der Waals surface area contributed by atoms with Gasteiger partial charge in [0.05, 0.1) is 23.5 Å². The molecule has 0 saturated heterocycles. The first-order valence-corrected chi connectivity index (χ1v) is 12.9. The Bertz CT molecular complexity index is 1190. The largest absolute Gasteiger partial charge is 0.496 e. The standard InChI is InChI=1S/C24H27N5O2S2/c1-4-29-21(17-11-8-9-12-19(17)31-3)27-28-24(29)32-15(2)22(30)26-23-18(14-25)16-10-6-5-7-13-20(16)33-23/h8-9,11-12,15H,4-7,10,13H2,1-3H3,(H,26,30)/t15-/m1/s1. The van der Waals surface area contributed by atoms with Crippen molar-refractivity contribution in [2.75, 3.05) is 12.4 Å². The normalized spacial score (nSPS) is 14.1. The number of ether oxygens (including phenoxy) is 1. The molecule has 0 saturated carbocycles. The lowest BCUT2D eigenvalue weighted by atomic mass is 10.1. The van der Waals surface area contributed by atoms with E-state index in [1.54, 1.807) is 18.4 Å². The minimum Gasteiger partial charge on any atom is -0.496 e. The first kappa shape index (κ1) is 23.3. The van der Waals surface area contributed by atoms with Crippen molar-refractivity contribution in [2.24, 2.45) is 0 Å². The molecule has 0 unspecified atom stereocenters. The Hall–Kier alpha value is -2.83. The third kappa shape index (κ3) is 4.77. The topological polar surface area (TPSA) is 92.8 Å². The third-order valence-electron chi connectivity index (χ3n) is 5.80. The van der Waals surface area contributed by atoms with Crippen molar-refractivity contribution in [3.05, 3.63) is 40.3 Å². The maximum Gasteiger partial charge on any atom is 0.238 e. The average molecular weight is 482 g/mol. The van der Waals surface area contributed by atoms with Gasteiger partial charge in [0.25, 0.3) is 0 Å². The van der Waals surface area contributed by atoms with Crippen LogP contribution < -0.4 is 10.1 Å². The minimum absolute atomic E-state index is 0.141. The Labute approximate surface area is 202 Å². The average Bonchev–Trinajstić information content (AvgIpc) is 3.30. The van der Waals surface area contributed by atoms with Crippen LogP contribution in [-0.4, -0.2) is 33.0 Å². The fourth-order valence-corrected chi connectivity index (χ4v) is 6.22. The summed E-state index contributed by atoms with van der Waals surface area (Å²) in [4.78, 5) is 14.3. The lowest BCUT2D eigenvalue weighted by molar-refractivity contribution is -0.115. The fraction of sp³-hybridized carbons (Fsp3) is 0.417. The van der Waals surface area contributed by atoms with Crippen LogP contribution in [0.1, 0.15) is 49.1 Å². The number of amides is 1. The fourth-order valence-electron chi connectivity index (χ4n) is 4.06. The summed E-state index contributed by atoms with van der Waals surface area (Å²) in [5, 5.41) is 22.4. The summed E-state index contributed by atoms with van der Waals surface area (Å²) in [7, 11) is 1.63. The second-order valence-electron chi connectivity index (χ2n) is 7.88. The first-order chi connectivity index (χ1) is 16.1. The molecule has 0 fully saturated rings. The zero-order valence-corrected chi connectivity index (χ0v) is 20.7. The number of aromatic nitrogens is 3. The number of nitriles is 1. The summed E-state index contributed by atoms with van der Waals surface area (Å²) in [6.07, 6.45) is 5.33. The van der Waals surface area contributed by atoms with Gasteiger partial charge >= 0.3 is 0 Å². The smallest absolute Gasteiger partial charge is 0.238 e. The second-order valence-corrected chi connectivity index (χ2v) is 10.3. The van der Waals surface area contributed by atoms with Crippen LogP contribution in [0.4, 0.5) is 5.00 Å². The van der Waals surface area contributed by atoms with Crippen molar-refractivity contribution >= 4 is 34.0 Å². The molecule has 7 nitrogen and oxygen atoms in total. The maximum absolute atomic E-state index is 13.0. The van der Waals surface area contributed by atoms with E-state index in [0.717, 1.165) is 42.6 Å². The van der Waals surface area contributed by atoms with E-state index < -0.39 is 5.25 Å². The molecule has 9 heteroatoms. The van der Waals surface area contributed by atoms with Crippen molar-refractivity contribution < 1.29 is 9.53 Å². The van der Waals surface area contributed by atoms with Crippen LogP contribution in [-0.2, 0) is 24.2 Å². The van der Waals surface area contributed by atoms with Crippen LogP contribution >= 0.6 is 23.1 Å². The summed E-state index contributed by atoms with van der Waals surface area (Å²) in [5.74, 6) is 1.29. The highest BCUT2D eigenvalue weighted by Gasteiger charge is 2.25. The number of fused-ring (bicyclic) bond motifs is 1. The van der Waals surface area contributed by atoms with Gasteiger partial charge in [-0.1, -0.05) is 30.3 Å². The van der Waals surface area contributed by atoms with Gasteiger partial charge in [-0.3, -0.25) is 4.79 Å². The molecule has 0 bridgehead atoms. The molecule has 0 spiro atoms. The SMILES string of the molecule is CCn1c(S[C@H](C)C(=O)Nc2sc3c(c2C#N)CCCCC3)nnc1-c1ccccc1OC. The number of para-hydroxylation sites is 1. The molecule has 0 radical (unpaired) electrons. The van der Waals surface area contributed by atoms with E-state index in [-0.39, 0.29) is 5.91 Å². The monoisotopic (exact) mass is 481 g/mol. The van der Waals surface area contributed by atoms with Gasteiger partial charge < -0.3 is 14.6 Å². The van der Waals surface area contributed by atoms with Gasteiger partial charge in [-0.2, -0.15) is 5.26 Å². The Balaban J connectivity index is 1.53. The highest BCUT2D eigenvalue weighted by atomic mass is 32.2. The molecular weight excluding hydrogens is 454 g/mol. The van der Waals surface area contributed by atoms with Crippen molar-refractivity contribution in [1.82, 2.24) is 14.8 Å². The molecule has 172 valence electrons. The van der Waals surface area contributed by atoms with E-state index in [1.165, 1.54) is 23.1 Å². The van der Waals surface area contributed by atoms with Gasteiger partial charge in [-0.05, 0) is 57.2 Å². The van der Waals surface area contributed by atoms with E-state index in [0.29, 0.717) is 28.1 Å². The molecule has 2 heterocycles. The molecule has 1 aliphatic rings. The van der Waals surface area contributed by atoms with Gasteiger partial charge in [0.15, 0.2) is 11.0 Å². The number of anilines is 1. The Morgan fingerprint density at radius 2 is 2.09 bits per heavy atom. The number of aryl methyl sites for hydroxylation is 1. The van der Waals surface area contributed by atoms with Crippen molar-refractivity contribution in [3.63, 3.8) is 0 Å². The number of nitrogens with one attached hydrogen (secondary N) is 1. The number of nitrogens with zero attached hydrogens (tertiary/aromatic N) is 4. The van der Waals surface area contributed by atoms with E-state index in [2.05, 4.69) is 21.6 Å². The highest BCUT2D eigenvalue weighted by Crippen LogP contribution is 2.38. The second kappa shape index (κ2) is 10.4. The van der Waals surface area contributed by atoms with Crippen LogP contribution in [0, 0.1) is 11.3 Å². The quantitative estimate of drug-likeness (QED) is 0.364. The zero-order chi connectivity index (χ0) is 23.4. The molecule has 1 N–H and O–H groups in total. The molecule has 0 aliphatic heterocycles. The van der Waals surface area contributed by atoms with Gasteiger partial charge in [0.2, 0.25) is 5.91 Å². The molecule has 33 heavy (non-hydrogen) atoms. The van der Waals surface area contributed by atoms with Crippen molar-refractivity contribution in [2.45, 2.75) is 62.9 Å². The molecule has 2 aromatic heterocycles. The molecule has 3 aromatic rings. The van der Waals surface area contributed by atoms with Crippen LogP contribution in [0.5, 0.6) is 5.75 Å². The predicted octanol–water partition coefficient (Wildman–Crippen LogP) is 5.29. The third-order valence-corrected chi connectivity index (χ3v) is 8.09. The number of benzene rings is 1. The number of thiophene rings is 1. The highest BCUT2D eigenvalue weighted by molar-refractivity contribution is 8.00. The van der Waals surface area contributed by atoms with Gasteiger partial charge in [0, 0.05) is 11.4 Å². The summed E-state index contributed by atoms with van der Waals surface area (Å²) >= 11 is 2.92. The van der Waals surface area contributed by atoms with Crippen LogP contribution in [0.2, 0.25) is 0 Å². The number of carbonyl (C=O) groups excluding carboxylic acids is 1. The van der Waals surface area contributed by atoms with E-state index in [9.17, 15) is 10.1 Å². The molecule has 4 rings (SSSR count). The molecule has 1 atom stereocenters. The number of methoxy groups -OCH3 is 1. The van der Waals surface area contributed by atoms with Crippen LogP contribution in [0.3, 0.4) is 0 Å². The van der Waals surface area contributed by atoms with Gasteiger partial charge in [-0.25, -0.2) is 0 Å². The number of hydrogen-bond acceptors (Lipinski definition) is 7. The maximum atomic E-state index is 13.0. The lowest BCUT2D eigenvalue weighted by Crippen LogP contribution is -2.23. The molecule has 1 aromatic carbocycles. The number of thioether (sulfide) groups is 1. The number of hydrogen-bond donors (Lipinski definition) is 1. The minimum atomic E-state index is -0.404. The predicted molar refractivity (Wildman–Crippen MR) is 132 cm³/mol. The summed E-state index contributed by atoms with van der Waals surface area (Å²) < 4.78 is 7.47.